The van der Waals surface area contributed by atoms with Crippen molar-refractivity contribution < 1.29 is 14.4 Å². The highest BCUT2D eigenvalue weighted by Gasteiger charge is 2.30. The van der Waals surface area contributed by atoms with E-state index in [1.807, 2.05) is 4.90 Å². The molecule has 1 aliphatic heterocycles. The van der Waals surface area contributed by atoms with E-state index in [4.69, 9.17) is 14.7 Å². The minimum Gasteiger partial charge on any atom is -0.467 e. The van der Waals surface area contributed by atoms with Gasteiger partial charge in [-0.2, -0.15) is 5.26 Å². The number of benzene rings is 1. The van der Waals surface area contributed by atoms with Crippen LogP contribution in [0.3, 0.4) is 0 Å². The van der Waals surface area contributed by atoms with Gasteiger partial charge in [0.1, 0.15) is 5.75 Å². The molecule has 1 saturated carbocycles. The van der Waals surface area contributed by atoms with Crippen molar-refractivity contribution in [2.24, 2.45) is 0 Å². The smallest absolute Gasteiger partial charge is 0.270 e. The molecule has 0 aromatic heterocycles. The van der Waals surface area contributed by atoms with Gasteiger partial charge in [0.2, 0.25) is 0 Å². The summed E-state index contributed by atoms with van der Waals surface area (Å²) in [7, 11) is 0. The molecule has 1 aliphatic carbocycles. The molecule has 0 bridgehead atoms. The molecule has 0 amide bonds. The lowest BCUT2D eigenvalue weighted by atomic mass is 10.1. The molecule has 1 heterocycles. The maximum Gasteiger partial charge on any atom is 0.270 e. The van der Waals surface area contributed by atoms with Crippen molar-refractivity contribution in [3.05, 3.63) is 33.4 Å². The van der Waals surface area contributed by atoms with Crippen molar-refractivity contribution in [2.75, 3.05) is 13.3 Å². The Morgan fingerprint density at radius 2 is 2.29 bits per heavy atom. The number of nitro groups is 1. The fourth-order valence-corrected chi connectivity index (χ4v) is 2.57. The summed E-state index contributed by atoms with van der Waals surface area (Å²) in [4.78, 5) is 12.7. The number of nitriles is 1. The molecule has 2 aliphatic rings. The van der Waals surface area contributed by atoms with Crippen LogP contribution in [0.1, 0.15) is 24.0 Å². The van der Waals surface area contributed by atoms with E-state index in [-0.39, 0.29) is 12.5 Å². The second-order valence-corrected chi connectivity index (χ2v) is 5.26. The first-order valence-electron chi connectivity index (χ1n) is 6.81. The van der Waals surface area contributed by atoms with Crippen LogP contribution in [0.25, 0.3) is 0 Å². The predicted molar refractivity (Wildman–Crippen MR) is 72.4 cm³/mol. The zero-order chi connectivity index (χ0) is 14.8. The van der Waals surface area contributed by atoms with Gasteiger partial charge in [-0.25, -0.2) is 0 Å². The second kappa shape index (κ2) is 5.68. The summed E-state index contributed by atoms with van der Waals surface area (Å²) in [6, 6.07) is 5.58. The van der Waals surface area contributed by atoms with Gasteiger partial charge in [0.15, 0.2) is 6.79 Å². The molecule has 21 heavy (non-hydrogen) atoms. The van der Waals surface area contributed by atoms with Crippen LogP contribution in [0.4, 0.5) is 5.69 Å². The first-order chi connectivity index (χ1) is 10.2. The Kier molecular flexibility index (Phi) is 3.73. The Hall–Kier alpha value is -2.17. The summed E-state index contributed by atoms with van der Waals surface area (Å²) in [5, 5.41) is 20.0. The molecule has 3 rings (SSSR count). The van der Waals surface area contributed by atoms with Crippen molar-refractivity contribution in [3.63, 3.8) is 0 Å². The largest absolute Gasteiger partial charge is 0.467 e. The van der Waals surface area contributed by atoms with Crippen LogP contribution in [0.2, 0.25) is 0 Å². The minimum atomic E-state index is -0.413. The van der Waals surface area contributed by atoms with Crippen LogP contribution in [-0.2, 0) is 17.9 Å². The Balaban J connectivity index is 1.93. The van der Waals surface area contributed by atoms with Crippen molar-refractivity contribution in [1.82, 2.24) is 4.90 Å². The van der Waals surface area contributed by atoms with Gasteiger partial charge >= 0.3 is 0 Å². The number of hydrogen-bond donors (Lipinski definition) is 0. The Labute approximate surface area is 121 Å². The molecule has 0 atom stereocenters. The molecule has 0 radical (unpaired) electrons. The standard InChI is InChI=1S/C14H15N3O4/c15-3-4-16(12-1-2-12)7-10-5-13(17(18)19)6-11-8-20-9-21-14(10)11/h5-6,12H,1-2,4,7-9H2. The highest BCUT2D eigenvalue weighted by atomic mass is 16.7. The van der Waals surface area contributed by atoms with E-state index in [0.29, 0.717) is 37.1 Å². The molecule has 1 aromatic rings. The minimum absolute atomic E-state index is 0.0329. The number of nitrogens with zero attached hydrogens (tertiary/aromatic N) is 3. The van der Waals surface area contributed by atoms with Crippen LogP contribution in [-0.4, -0.2) is 29.2 Å². The number of rotatable bonds is 5. The van der Waals surface area contributed by atoms with E-state index in [2.05, 4.69) is 6.07 Å². The summed E-state index contributed by atoms with van der Waals surface area (Å²) in [6.45, 7) is 1.27. The number of ether oxygens (including phenoxy) is 2. The highest BCUT2D eigenvalue weighted by Crippen LogP contribution is 2.35. The maximum atomic E-state index is 11.1. The molecule has 0 saturated heterocycles. The fraction of sp³-hybridized carbons (Fsp3) is 0.500. The van der Waals surface area contributed by atoms with Crippen LogP contribution in [0.5, 0.6) is 5.75 Å². The van der Waals surface area contributed by atoms with E-state index >= 15 is 0 Å². The molecule has 110 valence electrons. The molecule has 7 heteroatoms. The summed E-state index contributed by atoms with van der Waals surface area (Å²) >= 11 is 0. The SMILES string of the molecule is N#CCN(Cc1cc([N+](=O)[O-])cc2c1OCOC2)C1CC1. The Morgan fingerprint density at radius 1 is 1.48 bits per heavy atom. The van der Waals surface area contributed by atoms with Crippen LogP contribution < -0.4 is 4.74 Å². The molecule has 0 N–H and O–H groups in total. The first-order valence-corrected chi connectivity index (χ1v) is 6.81. The van der Waals surface area contributed by atoms with Crippen LogP contribution in [0.15, 0.2) is 12.1 Å². The van der Waals surface area contributed by atoms with Gasteiger partial charge < -0.3 is 9.47 Å². The zero-order valence-corrected chi connectivity index (χ0v) is 11.4. The van der Waals surface area contributed by atoms with Crippen molar-refractivity contribution in [3.8, 4) is 11.8 Å². The summed E-state index contributed by atoms with van der Waals surface area (Å²) < 4.78 is 10.7. The van der Waals surface area contributed by atoms with Crippen LogP contribution >= 0.6 is 0 Å². The average molecular weight is 289 g/mol. The molecule has 7 nitrogen and oxygen atoms in total. The van der Waals surface area contributed by atoms with E-state index in [9.17, 15) is 10.1 Å². The van der Waals surface area contributed by atoms with E-state index < -0.39 is 4.92 Å². The Morgan fingerprint density at radius 3 is 2.95 bits per heavy atom. The fourth-order valence-electron chi connectivity index (χ4n) is 2.57. The molecule has 0 spiro atoms. The highest BCUT2D eigenvalue weighted by molar-refractivity contribution is 5.50. The lowest BCUT2D eigenvalue weighted by Crippen LogP contribution is -2.27. The van der Waals surface area contributed by atoms with E-state index in [0.717, 1.165) is 18.4 Å². The second-order valence-electron chi connectivity index (χ2n) is 5.26. The third-order valence-corrected chi connectivity index (χ3v) is 3.69. The van der Waals surface area contributed by atoms with Gasteiger partial charge in [0.25, 0.3) is 5.69 Å². The van der Waals surface area contributed by atoms with E-state index in [1.165, 1.54) is 12.1 Å². The van der Waals surface area contributed by atoms with E-state index in [1.54, 1.807) is 0 Å². The summed E-state index contributed by atoms with van der Waals surface area (Å²) in [6.07, 6.45) is 2.14. The monoisotopic (exact) mass is 289 g/mol. The third kappa shape index (κ3) is 2.96. The maximum absolute atomic E-state index is 11.1. The Bertz CT molecular complexity index is 607. The first kappa shape index (κ1) is 13.8. The quantitative estimate of drug-likeness (QED) is 0.467. The van der Waals surface area contributed by atoms with Gasteiger partial charge in [0.05, 0.1) is 24.1 Å². The van der Waals surface area contributed by atoms with Gasteiger partial charge in [-0.3, -0.25) is 15.0 Å². The lowest BCUT2D eigenvalue weighted by Gasteiger charge is -2.24. The molecular formula is C14H15N3O4. The van der Waals surface area contributed by atoms with Gasteiger partial charge in [-0.05, 0) is 12.8 Å². The molecular weight excluding hydrogens is 274 g/mol. The summed E-state index contributed by atoms with van der Waals surface area (Å²) in [5.41, 5.74) is 1.48. The lowest BCUT2D eigenvalue weighted by molar-refractivity contribution is -0.385. The zero-order valence-electron chi connectivity index (χ0n) is 11.4. The molecule has 1 fully saturated rings. The predicted octanol–water partition coefficient (Wildman–Crippen LogP) is 1.95. The topological polar surface area (TPSA) is 88.6 Å². The third-order valence-electron chi connectivity index (χ3n) is 3.69. The van der Waals surface area contributed by atoms with Crippen LogP contribution in [0, 0.1) is 21.4 Å². The van der Waals surface area contributed by atoms with Gasteiger partial charge in [-0.1, -0.05) is 0 Å². The normalized spacial score (nSPS) is 17.0. The van der Waals surface area contributed by atoms with Crippen molar-refractivity contribution in [1.29, 1.82) is 5.26 Å². The van der Waals surface area contributed by atoms with Crippen molar-refractivity contribution >= 4 is 5.69 Å². The molecule has 0 unspecified atom stereocenters. The molecule has 1 aromatic carbocycles. The number of fused-ring (bicyclic) bond motifs is 1. The average Bonchev–Trinajstić information content (AvgIpc) is 3.31. The van der Waals surface area contributed by atoms with Gasteiger partial charge in [-0.15, -0.1) is 0 Å². The van der Waals surface area contributed by atoms with Gasteiger partial charge in [0, 0.05) is 35.8 Å². The number of nitro benzene ring substituents is 1. The number of hydrogen-bond acceptors (Lipinski definition) is 6. The summed E-state index contributed by atoms with van der Waals surface area (Å²) in [5.74, 6) is 0.662. The van der Waals surface area contributed by atoms with Crippen molar-refractivity contribution in [2.45, 2.75) is 32.0 Å². The number of non-ortho nitro benzene ring substituents is 1.